The van der Waals surface area contributed by atoms with E-state index >= 15 is 0 Å². The molecule has 0 radical (unpaired) electrons. The molecule has 0 unspecified atom stereocenters. The normalized spacial score (nSPS) is 18.0. The Kier molecular flexibility index (Phi) is 4.96. The molecule has 19 heavy (non-hydrogen) atoms. The van der Waals surface area contributed by atoms with Gasteiger partial charge in [0.1, 0.15) is 5.82 Å². The van der Waals surface area contributed by atoms with Gasteiger partial charge in [0.2, 0.25) is 5.88 Å². The zero-order valence-electron chi connectivity index (χ0n) is 11.9. The molecule has 5 nitrogen and oxygen atoms in total. The molecule has 1 saturated heterocycles. The Labute approximate surface area is 115 Å². The number of aromatic nitrogens is 2. The molecular formula is C14H24N4O. The van der Waals surface area contributed by atoms with Crippen LogP contribution in [0.5, 0.6) is 5.88 Å². The molecule has 1 fully saturated rings. The van der Waals surface area contributed by atoms with Gasteiger partial charge in [0, 0.05) is 6.54 Å². The quantitative estimate of drug-likeness (QED) is 0.823. The standard InChI is InChI=1S/C14H24N4O/c1-3-8-19-13-10-16-9-12(18-13)17-11-14(2)4-6-15-7-5-14/h9-10,15H,3-8,11H2,1-2H3,(H,17,18). The molecule has 1 aromatic heterocycles. The third kappa shape index (κ3) is 4.35. The van der Waals surface area contributed by atoms with Crippen LogP contribution >= 0.6 is 0 Å². The molecule has 0 saturated carbocycles. The van der Waals surface area contributed by atoms with Crippen LogP contribution in [0.4, 0.5) is 5.82 Å². The van der Waals surface area contributed by atoms with Crippen LogP contribution in [0.3, 0.4) is 0 Å². The first-order valence-electron chi connectivity index (χ1n) is 7.11. The molecule has 1 aliphatic rings. The molecule has 0 atom stereocenters. The second-order valence-corrected chi connectivity index (χ2v) is 5.51. The van der Waals surface area contributed by atoms with Crippen molar-refractivity contribution in [1.29, 1.82) is 0 Å². The van der Waals surface area contributed by atoms with Gasteiger partial charge in [-0.1, -0.05) is 13.8 Å². The van der Waals surface area contributed by atoms with Crippen LogP contribution in [0.15, 0.2) is 12.4 Å². The molecule has 1 aliphatic heterocycles. The largest absolute Gasteiger partial charge is 0.477 e. The fourth-order valence-electron chi connectivity index (χ4n) is 2.22. The van der Waals surface area contributed by atoms with E-state index in [0.717, 1.165) is 31.9 Å². The summed E-state index contributed by atoms with van der Waals surface area (Å²) in [5, 5.41) is 6.78. The zero-order chi connectivity index (χ0) is 13.6. The van der Waals surface area contributed by atoms with Gasteiger partial charge in [0.15, 0.2) is 0 Å². The van der Waals surface area contributed by atoms with E-state index < -0.39 is 0 Å². The summed E-state index contributed by atoms with van der Waals surface area (Å²) in [6.07, 6.45) is 6.78. The van der Waals surface area contributed by atoms with Crippen LogP contribution in [0.25, 0.3) is 0 Å². The summed E-state index contributed by atoms with van der Waals surface area (Å²) in [5.74, 6) is 1.40. The molecule has 2 heterocycles. The number of piperidine rings is 1. The average Bonchev–Trinajstić information content (AvgIpc) is 2.44. The first-order valence-corrected chi connectivity index (χ1v) is 7.11. The smallest absolute Gasteiger partial charge is 0.234 e. The number of anilines is 1. The van der Waals surface area contributed by atoms with E-state index in [1.165, 1.54) is 12.8 Å². The molecule has 0 bridgehead atoms. The fraction of sp³-hybridized carbons (Fsp3) is 0.714. The van der Waals surface area contributed by atoms with Crippen molar-refractivity contribution < 1.29 is 4.74 Å². The van der Waals surface area contributed by atoms with Gasteiger partial charge in [-0.2, -0.15) is 4.98 Å². The number of nitrogens with zero attached hydrogens (tertiary/aromatic N) is 2. The van der Waals surface area contributed by atoms with E-state index in [1.54, 1.807) is 12.4 Å². The van der Waals surface area contributed by atoms with Gasteiger partial charge in [0.05, 0.1) is 19.0 Å². The van der Waals surface area contributed by atoms with Gasteiger partial charge in [0.25, 0.3) is 0 Å². The highest BCUT2D eigenvalue weighted by molar-refractivity contribution is 5.33. The van der Waals surface area contributed by atoms with Crippen LogP contribution in [0.2, 0.25) is 0 Å². The Balaban J connectivity index is 1.88. The first kappa shape index (κ1) is 14.1. The van der Waals surface area contributed by atoms with Gasteiger partial charge in [-0.15, -0.1) is 0 Å². The van der Waals surface area contributed by atoms with E-state index in [2.05, 4.69) is 34.4 Å². The lowest BCUT2D eigenvalue weighted by atomic mass is 9.81. The Hall–Kier alpha value is -1.36. The van der Waals surface area contributed by atoms with Crippen molar-refractivity contribution in [3.05, 3.63) is 12.4 Å². The molecule has 0 amide bonds. The number of rotatable bonds is 6. The lowest BCUT2D eigenvalue weighted by molar-refractivity contribution is 0.247. The van der Waals surface area contributed by atoms with E-state index in [9.17, 15) is 0 Å². The minimum Gasteiger partial charge on any atom is -0.477 e. The van der Waals surface area contributed by atoms with E-state index in [0.29, 0.717) is 17.9 Å². The maximum Gasteiger partial charge on any atom is 0.234 e. The molecule has 5 heteroatoms. The maximum absolute atomic E-state index is 5.49. The highest BCUT2D eigenvalue weighted by Crippen LogP contribution is 2.27. The summed E-state index contributed by atoms with van der Waals surface area (Å²) >= 11 is 0. The van der Waals surface area contributed by atoms with Crippen molar-refractivity contribution in [2.45, 2.75) is 33.1 Å². The van der Waals surface area contributed by atoms with Crippen LogP contribution in [0.1, 0.15) is 33.1 Å². The van der Waals surface area contributed by atoms with Gasteiger partial charge in [-0.05, 0) is 37.8 Å². The molecule has 1 aromatic rings. The average molecular weight is 264 g/mol. The van der Waals surface area contributed by atoms with Crippen molar-refractivity contribution in [3.8, 4) is 5.88 Å². The summed E-state index contributed by atoms with van der Waals surface area (Å²) in [6.45, 7) is 8.22. The summed E-state index contributed by atoms with van der Waals surface area (Å²) in [6, 6.07) is 0. The number of nitrogens with one attached hydrogen (secondary N) is 2. The van der Waals surface area contributed by atoms with Crippen molar-refractivity contribution in [3.63, 3.8) is 0 Å². The van der Waals surface area contributed by atoms with Crippen molar-refractivity contribution in [1.82, 2.24) is 15.3 Å². The van der Waals surface area contributed by atoms with Crippen LogP contribution in [0, 0.1) is 5.41 Å². The van der Waals surface area contributed by atoms with E-state index in [4.69, 9.17) is 4.74 Å². The third-order valence-corrected chi connectivity index (χ3v) is 3.57. The van der Waals surface area contributed by atoms with Crippen LogP contribution in [-0.4, -0.2) is 36.2 Å². The van der Waals surface area contributed by atoms with E-state index in [1.807, 2.05) is 0 Å². The molecule has 0 aromatic carbocycles. The molecule has 2 N–H and O–H groups in total. The minimum atomic E-state index is 0.340. The predicted octanol–water partition coefficient (Wildman–Crippen LogP) is 2.07. The minimum absolute atomic E-state index is 0.340. The second-order valence-electron chi connectivity index (χ2n) is 5.51. The number of hydrogen-bond donors (Lipinski definition) is 2. The number of ether oxygens (including phenoxy) is 1. The van der Waals surface area contributed by atoms with Crippen molar-refractivity contribution in [2.24, 2.45) is 5.41 Å². The monoisotopic (exact) mass is 264 g/mol. The van der Waals surface area contributed by atoms with Gasteiger partial charge >= 0.3 is 0 Å². The van der Waals surface area contributed by atoms with Crippen LogP contribution in [-0.2, 0) is 0 Å². The molecular weight excluding hydrogens is 240 g/mol. The highest BCUT2D eigenvalue weighted by Gasteiger charge is 2.26. The predicted molar refractivity (Wildman–Crippen MR) is 76.5 cm³/mol. The fourth-order valence-corrected chi connectivity index (χ4v) is 2.22. The summed E-state index contributed by atoms with van der Waals surface area (Å²) in [5.41, 5.74) is 0.340. The molecule has 0 aliphatic carbocycles. The Morgan fingerprint density at radius 2 is 2.16 bits per heavy atom. The maximum atomic E-state index is 5.49. The van der Waals surface area contributed by atoms with Gasteiger partial charge < -0.3 is 15.4 Å². The summed E-state index contributed by atoms with van der Waals surface area (Å²) in [7, 11) is 0. The lowest BCUT2D eigenvalue weighted by Crippen LogP contribution is -2.39. The van der Waals surface area contributed by atoms with Gasteiger partial charge in [-0.3, -0.25) is 4.98 Å². The molecule has 2 rings (SSSR count). The van der Waals surface area contributed by atoms with Crippen molar-refractivity contribution in [2.75, 3.05) is 31.6 Å². The summed E-state index contributed by atoms with van der Waals surface area (Å²) in [4.78, 5) is 8.58. The third-order valence-electron chi connectivity index (χ3n) is 3.57. The number of hydrogen-bond acceptors (Lipinski definition) is 5. The second kappa shape index (κ2) is 6.70. The lowest BCUT2D eigenvalue weighted by Gasteiger charge is -2.34. The van der Waals surface area contributed by atoms with Crippen LogP contribution < -0.4 is 15.4 Å². The SMILES string of the molecule is CCCOc1cncc(NCC2(C)CCNCC2)n1. The Morgan fingerprint density at radius 3 is 2.89 bits per heavy atom. The Morgan fingerprint density at radius 1 is 1.37 bits per heavy atom. The highest BCUT2D eigenvalue weighted by atomic mass is 16.5. The topological polar surface area (TPSA) is 59.1 Å². The Bertz CT molecular complexity index is 391. The molecule has 106 valence electrons. The zero-order valence-corrected chi connectivity index (χ0v) is 11.9. The molecule has 0 spiro atoms. The first-order chi connectivity index (χ1) is 9.22. The van der Waals surface area contributed by atoms with Crippen molar-refractivity contribution >= 4 is 5.82 Å². The van der Waals surface area contributed by atoms with Gasteiger partial charge in [-0.25, -0.2) is 0 Å². The summed E-state index contributed by atoms with van der Waals surface area (Å²) < 4.78 is 5.49. The van der Waals surface area contributed by atoms with E-state index in [-0.39, 0.29) is 0 Å².